The Kier molecular flexibility index (Phi) is 3.83. The van der Waals surface area contributed by atoms with Gasteiger partial charge in [-0.2, -0.15) is 0 Å². The molecule has 4 heteroatoms. The van der Waals surface area contributed by atoms with Crippen molar-refractivity contribution < 1.29 is 4.79 Å². The Morgan fingerprint density at radius 1 is 1.20 bits per heavy atom. The van der Waals surface area contributed by atoms with E-state index in [0.717, 1.165) is 4.47 Å². The molecule has 0 aliphatic heterocycles. The summed E-state index contributed by atoms with van der Waals surface area (Å²) in [6.07, 6.45) is 3.99. The Balaban J connectivity index is 1.77. The Hall–Kier alpha value is -1.68. The lowest BCUT2D eigenvalue weighted by Crippen LogP contribution is -2.30. The first-order chi connectivity index (χ1) is 9.74. The number of carbonyl (C=O) groups is 1. The summed E-state index contributed by atoms with van der Waals surface area (Å²) in [6.45, 7) is 0. The summed E-state index contributed by atoms with van der Waals surface area (Å²) >= 11 is 3.32. The van der Waals surface area contributed by atoms with Crippen LogP contribution < -0.4 is 5.32 Å². The van der Waals surface area contributed by atoms with Crippen molar-refractivity contribution in [1.29, 1.82) is 0 Å². The monoisotopic (exact) mass is 330 g/mol. The van der Waals surface area contributed by atoms with Crippen molar-refractivity contribution in [3.63, 3.8) is 0 Å². The van der Waals surface area contributed by atoms with E-state index in [9.17, 15) is 4.79 Å². The number of carbonyl (C=O) groups excluding carboxylic acids is 1. The van der Waals surface area contributed by atoms with Crippen LogP contribution in [-0.4, -0.2) is 10.9 Å². The number of amides is 1. The van der Waals surface area contributed by atoms with Gasteiger partial charge in [0.1, 0.15) is 5.69 Å². The van der Waals surface area contributed by atoms with Crippen molar-refractivity contribution in [2.75, 3.05) is 0 Å². The number of hydrogen-bond acceptors (Lipinski definition) is 2. The second kappa shape index (κ2) is 5.75. The molecule has 3 rings (SSSR count). The summed E-state index contributed by atoms with van der Waals surface area (Å²) in [5, 5.41) is 3.11. The van der Waals surface area contributed by atoms with Gasteiger partial charge in [-0.05, 0) is 52.4 Å². The average Bonchev–Trinajstić information content (AvgIpc) is 3.31. The minimum absolute atomic E-state index is 0.0918. The van der Waals surface area contributed by atoms with Crippen LogP contribution in [0, 0.1) is 5.92 Å². The summed E-state index contributed by atoms with van der Waals surface area (Å²) in [6, 6.07) is 13.8. The number of aromatic nitrogens is 1. The number of nitrogens with one attached hydrogen (secondary N) is 1. The molecule has 1 aliphatic rings. The summed E-state index contributed by atoms with van der Waals surface area (Å²) in [5.74, 6) is 0.440. The summed E-state index contributed by atoms with van der Waals surface area (Å²) in [5.41, 5.74) is 1.62. The van der Waals surface area contributed by atoms with Crippen molar-refractivity contribution in [3.8, 4) is 0 Å². The van der Waals surface area contributed by atoms with Gasteiger partial charge in [-0.25, -0.2) is 4.98 Å². The average molecular weight is 331 g/mol. The van der Waals surface area contributed by atoms with E-state index >= 15 is 0 Å². The topological polar surface area (TPSA) is 42.0 Å². The Morgan fingerprint density at radius 3 is 2.55 bits per heavy atom. The van der Waals surface area contributed by atoms with Gasteiger partial charge in [0.15, 0.2) is 0 Å². The maximum atomic E-state index is 12.3. The maximum Gasteiger partial charge on any atom is 0.270 e. The van der Waals surface area contributed by atoms with Crippen LogP contribution in [0.25, 0.3) is 0 Å². The highest BCUT2D eigenvalue weighted by atomic mass is 79.9. The van der Waals surface area contributed by atoms with E-state index in [1.165, 1.54) is 18.4 Å². The van der Waals surface area contributed by atoms with Gasteiger partial charge in [0.05, 0.1) is 6.04 Å². The van der Waals surface area contributed by atoms with Gasteiger partial charge in [-0.1, -0.05) is 30.3 Å². The predicted molar refractivity (Wildman–Crippen MR) is 81.3 cm³/mol. The van der Waals surface area contributed by atoms with Crippen LogP contribution in [0.4, 0.5) is 0 Å². The molecule has 3 nitrogen and oxygen atoms in total. The summed E-state index contributed by atoms with van der Waals surface area (Å²) in [4.78, 5) is 16.4. The quantitative estimate of drug-likeness (QED) is 0.928. The molecular weight excluding hydrogens is 316 g/mol. The molecule has 0 saturated heterocycles. The van der Waals surface area contributed by atoms with E-state index < -0.39 is 0 Å². The van der Waals surface area contributed by atoms with Gasteiger partial charge in [0.2, 0.25) is 0 Å². The molecule has 0 radical (unpaired) electrons. The summed E-state index contributed by atoms with van der Waals surface area (Å²) in [7, 11) is 0. The predicted octanol–water partition coefficient (Wildman–Crippen LogP) is 3.73. The highest BCUT2D eigenvalue weighted by Gasteiger charge is 2.33. The third-order valence-electron chi connectivity index (χ3n) is 3.50. The van der Waals surface area contributed by atoms with Gasteiger partial charge in [-0.15, -0.1) is 0 Å². The molecule has 1 N–H and O–H groups in total. The number of rotatable bonds is 4. The largest absolute Gasteiger partial charge is 0.344 e. The molecule has 1 aromatic heterocycles. The molecule has 1 heterocycles. The van der Waals surface area contributed by atoms with Gasteiger partial charge >= 0.3 is 0 Å². The number of benzene rings is 1. The lowest BCUT2D eigenvalue weighted by atomic mass is 10.0. The van der Waals surface area contributed by atoms with Gasteiger partial charge in [0.25, 0.3) is 5.91 Å². The minimum atomic E-state index is -0.113. The van der Waals surface area contributed by atoms with E-state index in [1.807, 2.05) is 24.3 Å². The minimum Gasteiger partial charge on any atom is -0.344 e. The van der Waals surface area contributed by atoms with Gasteiger partial charge < -0.3 is 5.32 Å². The SMILES string of the molecule is O=C(NC(c1ccccc1)C1CC1)c1ccc(Br)cn1. The highest BCUT2D eigenvalue weighted by molar-refractivity contribution is 9.10. The van der Waals surface area contributed by atoms with Crippen LogP contribution in [0.1, 0.15) is 34.9 Å². The van der Waals surface area contributed by atoms with Gasteiger partial charge in [-0.3, -0.25) is 4.79 Å². The zero-order chi connectivity index (χ0) is 13.9. The van der Waals surface area contributed by atoms with Crippen molar-refractivity contribution in [2.45, 2.75) is 18.9 Å². The molecule has 0 bridgehead atoms. The molecule has 1 saturated carbocycles. The van der Waals surface area contributed by atoms with Crippen LogP contribution in [0.3, 0.4) is 0 Å². The summed E-state index contributed by atoms with van der Waals surface area (Å²) < 4.78 is 0.871. The lowest BCUT2D eigenvalue weighted by molar-refractivity contribution is 0.0926. The van der Waals surface area contributed by atoms with Gasteiger partial charge in [0, 0.05) is 10.7 Å². The van der Waals surface area contributed by atoms with E-state index in [1.54, 1.807) is 12.3 Å². The van der Waals surface area contributed by atoms with E-state index in [-0.39, 0.29) is 11.9 Å². The molecule has 1 aromatic carbocycles. The zero-order valence-corrected chi connectivity index (χ0v) is 12.5. The Bertz CT molecular complexity index is 594. The van der Waals surface area contributed by atoms with Crippen molar-refractivity contribution in [2.24, 2.45) is 5.92 Å². The lowest BCUT2D eigenvalue weighted by Gasteiger charge is -2.18. The molecule has 1 amide bonds. The molecule has 1 atom stereocenters. The first-order valence-corrected chi connectivity index (χ1v) is 7.51. The molecule has 1 unspecified atom stereocenters. The van der Waals surface area contributed by atoms with E-state index in [4.69, 9.17) is 0 Å². The fourth-order valence-corrected chi connectivity index (χ4v) is 2.52. The first kappa shape index (κ1) is 13.3. The third-order valence-corrected chi connectivity index (χ3v) is 3.97. The Labute approximate surface area is 126 Å². The highest BCUT2D eigenvalue weighted by Crippen LogP contribution is 2.41. The molecule has 2 aromatic rings. The van der Waals surface area contributed by atoms with Crippen molar-refractivity contribution in [3.05, 3.63) is 64.4 Å². The normalized spacial score (nSPS) is 15.7. The smallest absolute Gasteiger partial charge is 0.270 e. The Morgan fingerprint density at radius 2 is 1.95 bits per heavy atom. The first-order valence-electron chi connectivity index (χ1n) is 6.71. The van der Waals surface area contributed by atoms with Crippen LogP contribution in [0.15, 0.2) is 53.1 Å². The molecule has 20 heavy (non-hydrogen) atoms. The van der Waals surface area contributed by atoms with E-state index in [2.05, 4.69) is 38.4 Å². The second-order valence-electron chi connectivity index (χ2n) is 5.06. The molecular formula is C16H15BrN2O. The molecule has 0 spiro atoms. The second-order valence-corrected chi connectivity index (χ2v) is 5.98. The van der Waals surface area contributed by atoms with E-state index in [0.29, 0.717) is 11.6 Å². The fourth-order valence-electron chi connectivity index (χ4n) is 2.29. The number of nitrogens with zero attached hydrogens (tertiary/aromatic N) is 1. The molecule has 1 aliphatic carbocycles. The fraction of sp³-hybridized carbons (Fsp3) is 0.250. The molecule has 102 valence electrons. The standard InChI is InChI=1S/C16H15BrN2O/c17-13-8-9-14(18-10-13)16(20)19-15(12-6-7-12)11-4-2-1-3-5-11/h1-5,8-10,12,15H,6-7H2,(H,19,20). The third kappa shape index (κ3) is 3.07. The zero-order valence-electron chi connectivity index (χ0n) is 10.9. The number of pyridine rings is 1. The van der Waals surface area contributed by atoms with Crippen LogP contribution in [0.2, 0.25) is 0 Å². The molecule has 1 fully saturated rings. The van der Waals surface area contributed by atoms with Crippen molar-refractivity contribution >= 4 is 21.8 Å². The van der Waals surface area contributed by atoms with Crippen LogP contribution in [0.5, 0.6) is 0 Å². The number of hydrogen-bond donors (Lipinski definition) is 1. The maximum absolute atomic E-state index is 12.3. The van der Waals surface area contributed by atoms with Crippen molar-refractivity contribution in [1.82, 2.24) is 10.3 Å². The number of halogens is 1. The van der Waals surface area contributed by atoms with Crippen LogP contribution >= 0.6 is 15.9 Å². The van der Waals surface area contributed by atoms with Crippen LogP contribution in [-0.2, 0) is 0 Å².